The molecule has 0 spiro atoms. The summed E-state index contributed by atoms with van der Waals surface area (Å²) in [7, 11) is 3.65. The topological polar surface area (TPSA) is 39.7 Å². The van der Waals surface area contributed by atoms with Gasteiger partial charge < -0.3 is 5.32 Å². The Labute approximate surface area is 103 Å². The van der Waals surface area contributed by atoms with Crippen molar-refractivity contribution in [3.63, 3.8) is 0 Å². The number of rotatable bonds is 1. The molecule has 0 saturated heterocycles. The fraction of sp³-hybridized carbons (Fsp3) is 0.462. The molecule has 4 nitrogen and oxygen atoms in total. The minimum atomic E-state index is 0.799. The zero-order valence-corrected chi connectivity index (χ0v) is 11.0. The number of nitrogens with zero attached hydrogens (tertiary/aromatic N) is 2. The number of hydrogen-bond acceptors (Lipinski definition) is 2. The fourth-order valence-corrected chi connectivity index (χ4v) is 2.25. The van der Waals surface area contributed by atoms with Gasteiger partial charge in [-0.25, -0.2) is 5.01 Å². The van der Waals surface area contributed by atoms with Crippen molar-refractivity contribution in [2.24, 2.45) is 4.99 Å². The molecule has 0 radical (unpaired) electrons. The molecule has 92 valence electrons. The van der Waals surface area contributed by atoms with Crippen LogP contribution in [0.5, 0.6) is 0 Å². The number of hydrazine groups is 1. The largest absolute Gasteiger partial charge is 0.358 e. The lowest BCUT2D eigenvalue weighted by molar-refractivity contribution is 0.238. The van der Waals surface area contributed by atoms with E-state index >= 15 is 0 Å². The van der Waals surface area contributed by atoms with Crippen LogP contribution < -0.4 is 10.7 Å². The Balaban J connectivity index is 2.16. The summed E-state index contributed by atoms with van der Waals surface area (Å²) in [6, 6.07) is 4.40. The van der Waals surface area contributed by atoms with E-state index in [0.29, 0.717) is 0 Å². The molecule has 0 aromatic heterocycles. The van der Waals surface area contributed by atoms with Gasteiger partial charge in [0, 0.05) is 27.2 Å². The third kappa shape index (κ3) is 2.26. The quantitative estimate of drug-likeness (QED) is 0.567. The Hall–Kier alpha value is -1.55. The second kappa shape index (κ2) is 4.75. The van der Waals surface area contributed by atoms with Gasteiger partial charge in [0.15, 0.2) is 0 Å². The molecule has 1 heterocycles. The second-order valence-electron chi connectivity index (χ2n) is 4.45. The monoisotopic (exact) mass is 232 g/mol. The van der Waals surface area contributed by atoms with Gasteiger partial charge in [-0.05, 0) is 36.1 Å². The molecule has 2 rings (SSSR count). The molecule has 4 heteroatoms. The van der Waals surface area contributed by atoms with E-state index in [9.17, 15) is 0 Å². The maximum absolute atomic E-state index is 4.13. The van der Waals surface area contributed by atoms with Crippen molar-refractivity contribution >= 4 is 5.96 Å². The van der Waals surface area contributed by atoms with Crippen LogP contribution in [0.3, 0.4) is 0 Å². The van der Waals surface area contributed by atoms with Crippen LogP contribution in [-0.4, -0.2) is 25.1 Å². The molecule has 0 aliphatic carbocycles. The standard InChI is InChI=1S/C13H20N4/c1-9-5-6-10(2)12-8-17(7-11(9)12)16-13(14-3)15-4/h5-6H,7-8H2,1-4H3,(H2,14,15,16). The molecular weight excluding hydrogens is 212 g/mol. The van der Waals surface area contributed by atoms with Gasteiger partial charge >= 0.3 is 0 Å². The van der Waals surface area contributed by atoms with Crippen LogP contribution in [0.15, 0.2) is 17.1 Å². The Kier molecular flexibility index (Phi) is 3.33. The van der Waals surface area contributed by atoms with E-state index in [2.05, 4.69) is 46.7 Å². The lowest BCUT2D eigenvalue weighted by Crippen LogP contribution is -2.44. The Bertz CT molecular complexity index is 420. The summed E-state index contributed by atoms with van der Waals surface area (Å²) in [5.41, 5.74) is 8.92. The highest BCUT2D eigenvalue weighted by Gasteiger charge is 2.22. The van der Waals surface area contributed by atoms with Crippen molar-refractivity contribution in [3.8, 4) is 0 Å². The summed E-state index contributed by atoms with van der Waals surface area (Å²) in [5, 5.41) is 5.22. The lowest BCUT2D eigenvalue weighted by Gasteiger charge is -2.18. The highest BCUT2D eigenvalue weighted by Crippen LogP contribution is 2.27. The van der Waals surface area contributed by atoms with Crippen LogP contribution in [0.4, 0.5) is 0 Å². The van der Waals surface area contributed by atoms with Crippen LogP contribution in [0.1, 0.15) is 22.3 Å². The maximum Gasteiger partial charge on any atom is 0.205 e. The first-order valence-corrected chi connectivity index (χ1v) is 5.89. The molecule has 0 unspecified atom stereocenters. The van der Waals surface area contributed by atoms with Crippen LogP contribution in [-0.2, 0) is 13.1 Å². The molecule has 1 aromatic rings. The number of aryl methyl sites for hydroxylation is 2. The summed E-state index contributed by atoms with van der Waals surface area (Å²) in [5.74, 6) is 0.799. The van der Waals surface area contributed by atoms with Crippen molar-refractivity contribution in [2.75, 3.05) is 14.1 Å². The van der Waals surface area contributed by atoms with E-state index in [4.69, 9.17) is 0 Å². The third-order valence-corrected chi connectivity index (χ3v) is 3.32. The van der Waals surface area contributed by atoms with Gasteiger partial charge in [0.2, 0.25) is 5.96 Å². The molecule has 0 fully saturated rings. The van der Waals surface area contributed by atoms with Crippen molar-refractivity contribution < 1.29 is 0 Å². The number of hydrogen-bond donors (Lipinski definition) is 2. The van der Waals surface area contributed by atoms with E-state index < -0.39 is 0 Å². The molecule has 0 saturated carbocycles. The smallest absolute Gasteiger partial charge is 0.205 e. The van der Waals surface area contributed by atoms with Crippen LogP contribution in [0.2, 0.25) is 0 Å². The number of guanidine groups is 1. The zero-order chi connectivity index (χ0) is 12.4. The van der Waals surface area contributed by atoms with Gasteiger partial charge in [0.05, 0.1) is 0 Å². The van der Waals surface area contributed by atoms with Crippen LogP contribution in [0.25, 0.3) is 0 Å². The molecule has 17 heavy (non-hydrogen) atoms. The van der Waals surface area contributed by atoms with E-state index in [0.717, 1.165) is 19.0 Å². The lowest BCUT2D eigenvalue weighted by atomic mass is 10.0. The first kappa shape index (κ1) is 11.9. The van der Waals surface area contributed by atoms with Gasteiger partial charge in [-0.15, -0.1) is 0 Å². The van der Waals surface area contributed by atoms with Crippen molar-refractivity contribution in [3.05, 3.63) is 34.4 Å². The van der Waals surface area contributed by atoms with Gasteiger partial charge in [-0.3, -0.25) is 10.4 Å². The average molecular weight is 232 g/mol. The van der Waals surface area contributed by atoms with E-state index in [1.54, 1.807) is 7.05 Å². The van der Waals surface area contributed by atoms with Gasteiger partial charge in [0.1, 0.15) is 0 Å². The first-order chi connectivity index (χ1) is 8.15. The van der Waals surface area contributed by atoms with E-state index in [1.807, 2.05) is 7.05 Å². The van der Waals surface area contributed by atoms with Gasteiger partial charge in [-0.1, -0.05) is 12.1 Å². The maximum atomic E-state index is 4.13. The fourth-order valence-electron chi connectivity index (χ4n) is 2.25. The number of aliphatic imine (C=N–C) groups is 1. The number of nitrogens with one attached hydrogen (secondary N) is 2. The summed E-state index contributed by atoms with van der Waals surface area (Å²) in [6.07, 6.45) is 0. The highest BCUT2D eigenvalue weighted by molar-refractivity contribution is 5.78. The summed E-state index contributed by atoms with van der Waals surface area (Å²) in [6.45, 7) is 6.22. The molecule has 1 aliphatic rings. The average Bonchev–Trinajstić information content (AvgIpc) is 2.76. The summed E-state index contributed by atoms with van der Waals surface area (Å²) < 4.78 is 0. The van der Waals surface area contributed by atoms with Crippen molar-refractivity contribution in [1.82, 2.24) is 15.8 Å². The zero-order valence-electron chi connectivity index (χ0n) is 11.0. The minimum Gasteiger partial charge on any atom is -0.358 e. The molecule has 1 aromatic carbocycles. The molecule has 2 N–H and O–H groups in total. The van der Waals surface area contributed by atoms with Crippen molar-refractivity contribution in [1.29, 1.82) is 0 Å². The highest BCUT2D eigenvalue weighted by atomic mass is 15.5. The van der Waals surface area contributed by atoms with Crippen LogP contribution >= 0.6 is 0 Å². The van der Waals surface area contributed by atoms with E-state index in [1.165, 1.54) is 22.3 Å². The van der Waals surface area contributed by atoms with Gasteiger partial charge in [0.25, 0.3) is 0 Å². The predicted molar refractivity (Wildman–Crippen MR) is 70.7 cm³/mol. The van der Waals surface area contributed by atoms with Crippen LogP contribution in [0, 0.1) is 13.8 Å². The Morgan fingerprint density at radius 3 is 2.12 bits per heavy atom. The second-order valence-corrected chi connectivity index (χ2v) is 4.45. The molecular formula is C13H20N4. The SMILES string of the molecule is C/N=C(\NC)NN1Cc2c(C)ccc(C)c2C1. The summed E-state index contributed by atoms with van der Waals surface area (Å²) >= 11 is 0. The normalized spacial score (nSPS) is 15.9. The molecule has 0 atom stereocenters. The Morgan fingerprint density at radius 1 is 1.18 bits per heavy atom. The summed E-state index contributed by atoms with van der Waals surface area (Å²) in [4.78, 5) is 4.13. The Morgan fingerprint density at radius 2 is 1.71 bits per heavy atom. The van der Waals surface area contributed by atoms with E-state index in [-0.39, 0.29) is 0 Å². The van der Waals surface area contributed by atoms with Crippen molar-refractivity contribution in [2.45, 2.75) is 26.9 Å². The predicted octanol–water partition coefficient (Wildman–Crippen LogP) is 1.33. The molecule has 1 aliphatic heterocycles. The molecule has 0 amide bonds. The number of benzene rings is 1. The minimum absolute atomic E-state index is 0.799. The third-order valence-electron chi connectivity index (χ3n) is 3.32. The first-order valence-electron chi connectivity index (χ1n) is 5.89. The molecule has 0 bridgehead atoms. The number of fused-ring (bicyclic) bond motifs is 1. The van der Waals surface area contributed by atoms with Gasteiger partial charge in [-0.2, -0.15) is 0 Å².